The fourth-order valence-electron chi connectivity index (χ4n) is 2.48. The highest BCUT2D eigenvalue weighted by atomic mass is 32.1. The van der Waals surface area contributed by atoms with E-state index >= 15 is 0 Å². The summed E-state index contributed by atoms with van der Waals surface area (Å²) in [5.41, 5.74) is 0.788. The van der Waals surface area contributed by atoms with E-state index in [1.54, 1.807) is 18.4 Å². The normalized spacial score (nSPS) is 17.8. The lowest BCUT2D eigenvalue weighted by Crippen LogP contribution is -2.17. The van der Waals surface area contributed by atoms with Crippen LogP contribution in [-0.4, -0.2) is 36.3 Å². The molecule has 0 saturated carbocycles. The number of aliphatic carboxylic acids is 1. The third-order valence-electron chi connectivity index (χ3n) is 3.55. The number of hydrogen-bond donors (Lipinski definition) is 2. The molecule has 1 aromatic rings. The fourth-order valence-corrected chi connectivity index (χ4v) is 3.57. The summed E-state index contributed by atoms with van der Waals surface area (Å²) in [6, 6.07) is 0. The molecule has 0 aromatic carbocycles. The van der Waals surface area contributed by atoms with Gasteiger partial charge in [0.2, 0.25) is 0 Å². The van der Waals surface area contributed by atoms with Gasteiger partial charge in [-0.3, -0.25) is 4.79 Å². The lowest BCUT2D eigenvalue weighted by atomic mass is 9.91. The Morgan fingerprint density at radius 2 is 2.35 bits per heavy atom. The fraction of sp³-hybridized carbons (Fsp3) is 0.714. The lowest BCUT2D eigenvalue weighted by Gasteiger charge is -2.16. The second-order valence-electron chi connectivity index (χ2n) is 5.09. The first-order chi connectivity index (χ1) is 9.72. The van der Waals surface area contributed by atoms with E-state index in [-0.39, 0.29) is 0 Å². The van der Waals surface area contributed by atoms with Gasteiger partial charge in [-0.1, -0.05) is 0 Å². The van der Waals surface area contributed by atoms with Gasteiger partial charge in [-0.15, -0.1) is 11.3 Å². The number of anilines is 1. The molecule has 1 aliphatic carbocycles. The molecule has 0 aliphatic heterocycles. The maximum absolute atomic E-state index is 11.2. The average molecular weight is 298 g/mol. The molecule has 2 rings (SSSR count). The van der Waals surface area contributed by atoms with Crippen LogP contribution < -0.4 is 5.32 Å². The predicted octanol–water partition coefficient (Wildman–Crippen LogP) is 2.88. The number of carboxylic acids is 1. The third-order valence-corrected chi connectivity index (χ3v) is 4.64. The van der Waals surface area contributed by atoms with Crippen LogP contribution in [0.2, 0.25) is 0 Å². The van der Waals surface area contributed by atoms with Crippen LogP contribution in [0.3, 0.4) is 0 Å². The Hall–Kier alpha value is -1.14. The lowest BCUT2D eigenvalue weighted by molar-refractivity contribution is -0.139. The SMILES string of the molecule is COCCCCCNc1nc2c(s1)CCCC2C(=O)O. The smallest absolute Gasteiger partial charge is 0.312 e. The highest BCUT2D eigenvalue weighted by Crippen LogP contribution is 2.36. The molecule has 1 atom stereocenters. The van der Waals surface area contributed by atoms with Crippen LogP contribution >= 0.6 is 11.3 Å². The minimum atomic E-state index is -0.748. The summed E-state index contributed by atoms with van der Waals surface area (Å²) in [6.45, 7) is 1.69. The third kappa shape index (κ3) is 3.93. The number of carbonyl (C=O) groups is 1. The Labute approximate surface area is 123 Å². The topological polar surface area (TPSA) is 71.5 Å². The van der Waals surface area contributed by atoms with Gasteiger partial charge in [0, 0.05) is 25.1 Å². The van der Waals surface area contributed by atoms with Gasteiger partial charge in [-0.25, -0.2) is 4.98 Å². The number of aromatic nitrogens is 1. The molecule has 1 aliphatic rings. The van der Waals surface area contributed by atoms with Crippen molar-refractivity contribution < 1.29 is 14.6 Å². The van der Waals surface area contributed by atoms with E-state index < -0.39 is 11.9 Å². The van der Waals surface area contributed by atoms with Crippen LogP contribution in [0.1, 0.15) is 48.6 Å². The summed E-state index contributed by atoms with van der Waals surface area (Å²) in [6.07, 6.45) is 5.91. The summed E-state index contributed by atoms with van der Waals surface area (Å²) < 4.78 is 5.01. The maximum atomic E-state index is 11.2. The van der Waals surface area contributed by atoms with Crippen LogP contribution in [0.4, 0.5) is 5.13 Å². The van der Waals surface area contributed by atoms with Crippen LogP contribution in [0.25, 0.3) is 0 Å². The van der Waals surface area contributed by atoms with Gasteiger partial charge in [0.15, 0.2) is 5.13 Å². The van der Waals surface area contributed by atoms with Crippen molar-refractivity contribution >= 4 is 22.4 Å². The highest BCUT2D eigenvalue weighted by molar-refractivity contribution is 7.15. The number of unbranched alkanes of at least 4 members (excludes halogenated alkanes) is 2. The van der Waals surface area contributed by atoms with Crippen LogP contribution in [0.15, 0.2) is 0 Å². The molecule has 112 valence electrons. The van der Waals surface area contributed by atoms with E-state index in [1.807, 2.05) is 0 Å². The molecule has 0 amide bonds. The molecule has 1 aromatic heterocycles. The summed E-state index contributed by atoms with van der Waals surface area (Å²) in [5, 5.41) is 13.4. The van der Waals surface area contributed by atoms with E-state index in [9.17, 15) is 9.90 Å². The molecular formula is C14H22N2O3S. The van der Waals surface area contributed by atoms with Crippen molar-refractivity contribution in [2.24, 2.45) is 0 Å². The number of rotatable bonds is 8. The molecule has 2 N–H and O–H groups in total. The van der Waals surface area contributed by atoms with Crippen LogP contribution in [-0.2, 0) is 16.0 Å². The van der Waals surface area contributed by atoms with Gasteiger partial charge in [0.05, 0.1) is 5.69 Å². The summed E-state index contributed by atoms with van der Waals surface area (Å²) in [7, 11) is 1.72. The van der Waals surface area contributed by atoms with Crippen molar-refractivity contribution in [3.05, 3.63) is 10.6 Å². The first-order valence-electron chi connectivity index (χ1n) is 7.17. The van der Waals surface area contributed by atoms with E-state index in [2.05, 4.69) is 10.3 Å². The number of fused-ring (bicyclic) bond motifs is 1. The van der Waals surface area contributed by atoms with Gasteiger partial charge in [-0.2, -0.15) is 0 Å². The highest BCUT2D eigenvalue weighted by Gasteiger charge is 2.29. The molecule has 1 unspecified atom stereocenters. The largest absolute Gasteiger partial charge is 0.481 e. The zero-order chi connectivity index (χ0) is 14.4. The Morgan fingerprint density at radius 3 is 3.10 bits per heavy atom. The van der Waals surface area contributed by atoms with Gasteiger partial charge in [-0.05, 0) is 38.5 Å². The van der Waals surface area contributed by atoms with Gasteiger partial charge in [0.1, 0.15) is 5.92 Å². The summed E-state index contributed by atoms with van der Waals surface area (Å²) in [5.74, 6) is -1.16. The second-order valence-corrected chi connectivity index (χ2v) is 6.17. The molecule has 20 heavy (non-hydrogen) atoms. The Balaban J connectivity index is 1.83. The number of nitrogens with one attached hydrogen (secondary N) is 1. The second kappa shape index (κ2) is 7.59. The van der Waals surface area contributed by atoms with E-state index in [4.69, 9.17) is 4.74 Å². The summed E-state index contributed by atoms with van der Waals surface area (Å²) in [4.78, 5) is 16.9. The van der Waals surface area contributed by atoms with Crippen molar-refractivity contribution in [2.45, 2.75) is 44.4 Å². The average Bonchev–Trinajstić information content (AvgIpc) is 2.84. The molecule has 6 heteroatoms. The quantitative estimate of drug-likeness (QED) is 0.722. The van der Waals surface area contributed by atoms with Crippen molar-refractivity contribution in [1.29, 1.82) is 0 Å². The zero-order valence-corrected chi connectivity index (χ0v) is 12.7. The van der Waals surface area contributed by atoms with E-state index in [0.717, 1.165) is 61.0 Å². The molecule has 0 spiro atoms. The predicted molar refractivity (Wildman–Crippen MR) is 79.6 cm³/mol. The zero-order valence-electron chi connectivity index (χ0n) is 11.9. The van der Waals surface area contributed by atoms with Gasteiger partial charge >= 0.3 is 5.97 Å². The molecule has 1 heterocycles. The minimum absolute atomic E-state index is 0.410. The number of aryl methyl sites for hydroxylation is 1. The maximum Gasteiger partial charge on any atom is 0.312 e. The first-order valence-corrected chi connectivity index (χ1v) is 7.99. The Morgan fingerprint density at radius 1 is 1.50 bits per heavy atom. The number of ether oxygens (including phenoxy) is 1. The van der Waals surface area contributed by atoms with Crippen LogP contribution in [0.5, 0.6) is 0 Å². The van der Waals surface area contributed by atoms with Gasteiger partial charge in [0.25, 0.3) is 0 Å². The van der Waals surface area contributed by atoms with Crippen molar-refractivity contribution in [2.75, 3.05) is 25.6 Å². The van der Waals surface area contributed by atoms with Crippen LogP contribution in [0, 0.1) is 0 Å². The molecule has 0 radical (unpaired) electrons. The van der Waals surface area contributed by atoms with Crippen molar-refractivity contribution in [3.63, 3.8) is 0 Å². The van der Waals surface area contributed by atoms with E-state index in [1.165, 1.54) is 0 Å². The number of methoxy groups -OCH3 is 1. The number of carboxylic acid groups (broad SMARTS) is 1. The molecule has 0 bridgehead atoms. The Bertz CT molecular complexity index is 448. The molecular weight excluding hydrogens is 276 g/mol. The number of nitrogens with zero attached hydrogens (tertiary/aromatic N) is 1. The van der Waals surface area contributed by atoms with E-state index in [0.29, 0.717) is 6.42 Å². The molecule has 5 nitrogen and oxygen atoms in total. The first kappa shape index (κ1) is 15.3. The summed E-state index contributed by atoms with van der Waals surface area (Å²) >= 11 is 1.61. The van der Waals surface area contributed by atoms with Crippen molar-refractivity contribution in [3.8, 4) is 0 Å². The van der Waals surface area contributed by atoms with Gasteiger partial charge < -0.3 is 15.2 Å². The molecule has 0 fully saturated rings. The number of hydrogen-bond acceptors (Lipinski definition) is 5. The monoisotopic (exact) mass is 298 g/mol. The number of thiazole rings is 1. The van der Waals surface area contributed by atoms with Crippen molar-refractivity contribution in [1.82, 2.24) is 4.98 Å². The Kier molecular flexibility index (Phi) is 5.79. The minimum Gasteiger partial charge on any atom is -0.481 e. The molecule has 0 saturated heterocycles. The standard InChI is InChI=1S/C14H22N2O3S/c1-19-9-4-2-3-8-15-14-16-12-10(13(17)18)6-5-7-11(12)20-14/h10H,2-9H2,1H3,(H,15,16)(H,17,18).